The first-order valence-electron chi connectivity index (χ1n) is 7.79. The summed E-state index contributed by atoms with van der Waals surface area (Å²) in [5.41, 5.74) is 2.52. The lowest BCUT2D eigenvalue weighted by Crippen LogP contribution is -2.15. The Morgan fingerprint density at radius 1 is 1.00 bits per heavy atom. The Kier molecular flexibility index (Phi) is 6.88. The predicted octanol–water partition coefficient (Wildman–Crippen LogP) is 3.95. The average molecular weight is 343 g/mol. The highest BCUT2D eigenvalue weighted by atomic mass is 32.2. The molecular formula is C19H21NO3S. The molecule has 0 saturated heterocycles. The van der Waals surface area contributed by atoms with Gasteiger partial charge in [-0.2, -0.15) is 0 Å². The van der Waals surface area contributed by atoms with Crippen LogP contribution < -0.4 is 10.1 Å². The first kappa shape index (κ1) is 18.1. The average Bonchev–Trinajstić information content (AvgIpc) is 2.57. The van der Waals surface area contributed by atoms with Crippen molar-refractivity contribution in [3.8, 4) is 5.75 Å². The van der Waals surface area contributed by atoms with Gasteiger partial charge >= 0.3 is 0 Å². The number of nitrogens with one attached hydrogen (secondary N) is 1. The molecule has 0 aliphatic heterocycles. The third kappa shape index (κ3) is 5.74. The van der Waals surface area contributed by atoms with Crippen molar-refractivity contribution >= 4 is 29.1 Å². The summed E-state index contributed by atoms with van der Waals surface area (Å²) in [6.45, 7) is 4.51. The summed E-state index contributed by atoms with van der Waals surface area (Å²) in [7, 11) is 0. The lowest BCUT2D eigenvalue weighted by Gasteiger charge is -2.07. The zero-order valence-corrected chi connectivity index (χ0v) is 14.7. The minimum atomic E-state index is -0.124. The molecule has 0 saturated carbocycles. The fraction of sp³-hybridized carbons (Fsp3) is 0.263. The van der Waals surface area contributed by atoms with Crippen LogP contribution in [-0.4, -0.2) is 29.8 Å². The van der Waals surface area contributed by atoms with Crippen LogP contribution in [0.15, 0.2) is 48.5 Å². The second kappa shape index (κ2) is 9.13. The molecule has 2 aromatic rings. The van der Waals surface area contributed by atoms with E-state index in [-0.39, 0.29) is 17.4 Å². The van der Waals surface area contributed by atoms with Gasteiger partial charge in [-0.1, -0.05) is 29.8 Å². The molecule has 1 amide bonds. The molecule has 2 rings (SSSR count). The summed E-state index contributed by atoms with van der Waals surface area (Å²) in [5.74, 6) is 1.22. The molecule has 5 heteroatoms. The first-order chi connectivity index (χ1) is 11.6. The number of ketones is 1. The normalized spacial score (nSPS) is 10.2. The maximum absolute atomic E-state index is 12.0. The summed E-state index contributed by atoms with van der Waals surface area (Å²) in [6, 6.07) is 14.7. The highest BCUT2D eigenvalue weighted by Crippen LogP contribution is 2.16. The third-order valence-corrected chi connectivity index (χ3v) is 4.22. The van der Waals surface area contributed by atoms with Gasteiger partial charge in [0.15, 0.2) is 5.78 Å². The maximum atomic E-state index is 12.0. The monoisotopic (exact) mass is 343 g/mol. The summed E-state index contributed by atoms with van der Waals surface area (Å²) in [5, 5.41) is 2.81. The van der Waals surface area contributed by atoms with Crippen LogP contribution in [0, 0.1) is 6.92 Å². The molecule has 126 valence electrons. The number of hydrogen-bond donors (Lipinski definition) is 1. The van der Waals surface area contributed by atoms with E-state index >= 15 is 0 Å². The second-order valence-corrected chi connectivity index (χ2v) is 6.27. The molecule has 0 spiro atoms. The van der Waals surface area contributed by atoms with Crippen LogP contribution >= 0.6 is 11.8 Å². The van der Waals surface area contributed by atoms with Crippen LogP contribution in [0.1, 0.15) is 22.8 Å². The molecule has 2 aromatic carbocycles. The smallest absolute Gasteiger partial charge is 0.234 e. The lowest BCUT2D eigenvalue weighted by molar-refractivity contribution is -0.113. The van der Waals surface area contributed by atoms with Crippen molar-refractivity contribution < 1.29 is 14.3 Å². The molecule has 24 heavy (non-hydrogen) atoms. The maximum Gasteiger partial charge on any atom is 0.234 e. The topological polar surface area (TPSA) is 55.4 Å². The summed E-state index contributed by atoms with van der Waals surface area (Å²) >= 11 is 1.31. The van der Waals surface area contributed by atoms with Crippen LogP contribution in [0.5, 0.6) is 5.75 Å². The Hall–Kier alpha value is -2.27. The number of anilines is 1. The predicted molar refractivity (Wildman–Crippen MR) is 99.1 cm³/mol. The molecule has 4 nitrogen and oxygen atoms in total. The molecule has 1 N–H and O–H groups in total. The van der Waals surface area contributed by atoms with E-state index in [1.165, 1.54) is 11.8 Å². The Morgan fingerprint density at radius 3 is 2.29 bits per heavy atom. The molecule has 0 radical (unpaired) electrons. The number of benzene rings is 2. The lowest BCUT2D eigenvalue weighted by atomic mass is 10.1. The van der Waals surface area contributed by atoms with Crippen molar-refractivity contribution in [2.24, 2.45) is 0 Å². The van der Waals surface area contributed by atoms with Gasteiger partial charge in [0.25, 0.3) is 0 Å². The molecule has 0 unspecified atom stereocenters. The van der Waals surface area contributed by atoms with Gasteiger partial charge < -0.3 is 10.1 Å². The number of Topliss-reactive ketones (excluding diaryl/α,β-unsaturated/α-hetero) is 1. The van der Waals surface area contributed by atoms with E-state index in [2.05, 4.69) is 5.32 Å². The zero-order valence-electron chi connectivity index (χ0n) is 13.9. The Labute approximate surface area is 146 Å². The van der Waals surface area contributed by atoms with E-state index < -0.39 is 0 Å². The number of rotatable bonds is 8. The highest BCUT2D eigenvalue weighted by molar-refractivity contribution is 8.00. The summed E-state index contributed by atoms with van der Waals surface area (Å²) in [6.07, 6.45) is 0. The van der Waals surface area contributed by atoms with Crippen molar-refractivity contribution in [3.05, 3.63) is 59.7 Å². The fourth-order valence-electron chi connectivity index (χ4n) is 2.06. The quantitative estimate of drug-likeness (QED) is 0.738. The van der Waals surface area contributed by atoms with Crippen molar-refractivity contribution in [1.82, 2.24) is 0 Å². The van der Waals surface area contributed by atoms with Gasteiger partial charge in [0.2, 0.25) is 5.91 Å². The van der Waals surface area contributed by atoms with Gasteiger partial charge in [0.1, 0.15) is 5.75 Å². The van der Waals surface area contributed by atoms with E-state index in [0.717, 1.165) is 11.3 Å². The minimum absolute atomic E-state index is 0.0360. The molecule has 0 atom stereocenters. The SMILES string of the molecule is CCOc1ccc(NC(=O)CSCC(=O)c2ccc(C)cc2)cc1. The van der Waals surface area contributed by atoms with Crippen LogP contribution in [0.4, 0.5) is 5.69 Å². The van der Waals surface area contributed by atoms with Gasteiger partial charge in [0, 0.05) is 11.3 Å². The van der Waals surface area contributed by atoms with Gasteiger partial charge in [-0.3, -0.25) is 9.59 Å². The van der Waals surface area contributed by atoms with E-state index in [0.29, 0.717) is 23.6 Å². The molecule has 0 aliphatic carbocycles. The molecule has 0 aromatic heterocycles. The molecular weight excluding hydrogens is 322 g/mol. The van der Waals surface area contributed by atoms with Crippen LogP contribution in [0.25, 0.3) is 0 Å². The summed E-state index contributed by atoms with van der Waals surface area (Å²) < 4.78 is 5.35. The highest BCUT2D eigenvalue weighted by Gasteiger charge is 2.08. The van der Waals surface area contributed by atoms with Crippen LogP contribution in [0.2, 0.25) is 0 Å². The first-order valence-corrected chi connectivity index (χ1v) is 8.94. The van der Waals surface area contributed by atoms with Crippen molar-refractivity contribution in [2.75, 3.05) is 23.4 Å². The Balaban J connectivity index is 1.74. The number of hydrogen-bond acceptors (Lipinski definition) is 4. The largest absolute Gasteiger partial charge is 0.494 e. The number of thioether (sulfide) groups is 1. The van der Waals surface area contributed by atoms with Crippen molar-refractivity contribution in [2.45, 2.75) is 13.8 Å². The number of amides is 1. The molecule has 0 aliphatic rings. The van der Waals surface area contributed by atoms with E-state index in [1.807, 2.05) is 50.2 Å². The van der Waals surface area contributed by atoms with E-state index in [1.54, 1.807) is 12.1 Å². The number of carbonyl (C=O) groups excluding carboxylic acids is 2. The number of ether oxygens (including phenoxy) is 1. The fourth-order valence-corrected chi connectivity index (χ4v) is 2.77. The zero-order chi connectivity index (χ0) is 17.4. The second-order valence-electron chi connectivity index (χ2n) is 5.29. The Bertz CT molecular complexity index is 681. The van der Waals surface area contributed by atoms with Gasteiger partial charge in [-0.05, 0) is 38.1 Å². The number of carbonyl (C=O) groups is 2. The minimum Gasteiger partial charge on any atom is -0.494 e. The third-order valence-electron chi connectivity index (χ3n) is 3.29. The van der Waals surface area contributed by atoms with Crippen molar-refractivity contribution in [1.29, 1.82) is 0 Å². The van der Waals surface area contributed by atoms with Gasteiger partial charge in [0.05, 0.1) is 18.1 Å². The Morgan fingerprint density at radius 2 is 1.67 bits per heavy atom. The van der Waals surface area contributed by atoms with Crippen LogP contribution in [-0.2, 0) is 4.79 Å². The molecule has 0 fully saturated rings. The van der Waals surface area contributed by atoms with E-state index in [9.17, 15) is 9.59 Å². The standard InChI is InChI=1S/C19H21NO3S/c1-3-23-17-10-8-16(9-11-17)20-19(22)13-24-12-18(21)15-6-4-14(2)5-7-15/h4-11H,3,12-13H2,1-2H3,(H,20,22). The van der Waals surface area contributed by atoms with Gasteiger partial charge in [-0.15, -0.1) is 11.8 Å². The number of aryl methyl sites for hydroxylation is 1. The van der Waals surface area contributed by atoms with Gasteiger partial charge in [-0.25, -0.2) is 0 Å². The van der Waals surface area contributed by atoms with Crippen molar-refractivity contribution in [3.63, 3.8) is 0 Å². The summed E-state index contributed by atoms with van der Waals surface area (Å²) in [4.78, 5) is 23.9. The van der Waals surface area contributed by atoms with Crippen LogP contribution in [0.3, 0.4) is 0 Å². The van der Waals surface area contributed by atoms with E-state index in [4.69, 9.17) is 4.74 Å². The molecule has 0 bridgehead atoms. The molecule has 0 heterocycles.